The van der Waals surface area contributed by atoms with Crippen molar-refractivity contribution in [3.63, 3.8) is 0 Å². The quantitative estimate of drug-likeness (QED) is 0.444. The molecule has 2 N–H and O–H groups in total. The first kappa shape index (κ1) is 21.2. The number of ether oxygens (including phenoxy) is 2. The average Bonchev–Trinajstić information content (AvgIpc) is 2.67. The molecule has 2 aromatic rings. The normalized spacial score (nSPS) is 10.9. The van der Waals surface area contributed by atoms with Crippen molar-refractivity contribution in [3.05, 3.63) is 76.4 Å². The van der Waals surface area contributed by atoms with E-state index in [2.05, 4.69) is 27.8 Å². The molecule has 7 heteroatoms. The molecule has 6 nitrogen and oxygen atoms in total. The number of aliphatic carboxylic acids is 1. The van der Waals surface area contributed by atoms with Gasteiger partial charge in [-0.2, -0.15) is 0 Å². The molecule has 0 bridgehead atoms. The minimum absolute atomic E-state index is 0.261. The maximum atomic E-state index is 12.3. The number of benzene rings is 2. The zero-order valence-electron chi connectivity index (χ0n) is 15.3. The SMILES string of the molecule is C=CCOc1c(Br)cc(/C=C(/NC(=O)c2ccccc2)C(=O)O)cc1OCC. The molecule has 28 heavy (non-hydrogen) atoms. The molecule has 0 radical (unpaired) electrons. The zero-order chi connectivity index (χ0) is 20.5. The number of carbonyl (C=O) groups is 2. The van der Waals surface area contributed by atoms with Crippen molar-refractivity contribution in [2.24, 2.45) is 0 Å². The van der Waals surface area contributed by atoms with Gasteiger partial charge in [0.25, 0.3) is 5.91 Å². The number of hydrogen-bond acceptors (Lipinski definition) is 4. The summed E-state index contributed by atoms with van der Waals surface area (Å²) in [6.07, 6.45) is 2.96. The lowest BCUT2D eigenvalue weighted by atomic mass is 10.1. The maximum Gasteiger partial charge on any atom is 0.352 e. The Morgan fingerprint density at radius 1 is 1.21 bits per heavy atom. The third kappa shape index (κ3) is 5.72. The number of amides is 1. The molecular weight excluding hydrogens is 426 g/mol. The Morgan fingerprint density at radius 3 is 2.54 bits per heavy atom. The predicted molar refractivity (Wildman–Crippen MR) is 111 cm³/mol. The minimum Gasteiger partial charge on any atom is -0.490 e. The first-order chi connectivity index (χ1) is 13.5. The van der Waals surface area contributed by atoms with E-state index in [1.807, 2.05) is 6.92 Å². The van der Waals surface area contributed by atoms with E-state index in [-0.39, 0.29) is 5.70 Å². The summed E-state index contributed by atoms with van der Waals surface area (Å²) in [6, 6.07) is 11.7. The Morgan fingerprint density at radius 2 is 1.93 bits per heavy atom. The highest BCUT2D eigenvalue weighted by Crippen LogP contribution is 2.37. The Hall–Kier alpha value is -3.06. The van der Waals surface area contributed by atoms with Crippen molar-refractivity contribution < 1.29 is 24.2 Å². The van der Waals surface area contributed by atoms with Crippen molar-refractivity contribution in [1.82, 2.24) is 5.32 Å². The molecule has 0 saturated carbocycles. The van der Waals surface area contributed by atoms with Gasteiger partial charge in [0, 0.05) is 5.56 Å². The van der Waals surface area contributed by atoms with Crippen LogP contribution < -0.4 is 14.8 Å². The third-order valence-electron chi connectivity index (χ3n) is 3.50. The van der Waals surface area contributed by atoms with Gasteiger partial charge >= 0.3 is 5.97 Å². The van der Waals surface area contributed by atoms with E-state index in [9.17, 15) is 14.7 Å². The molecule has 0 aliphatic carbocycles. The molecule has 0 aromatic heterocycles. The number of nitrogens with one attached hydrogen (secondary N) is 1. The van der Waals surface area contributed by atoms with Gasteiger partial charge in [-0.05, 0) is 58.8 Å². The van der Waals surface area contributed by atoms with Crippen LogP contribution in [0, 0.1) is 0 Å². The van der Waals surface area contributed by atoms with Crippen LogP contribution in [0.4, 0.5) is 0 Å². The first-order valence-electron chi connectivity index (χ1n) is 8.47. The van der Waals surface area contributed by atoms with Gasteiger partial charge in [-0.1, -0.05) is 30.9 Å². The molecule has 0 atom stereocenters. The van der Waals surface area contributed by atoms with Gasteiger partial charge in [-0.25, -0.2) is 4.79 Å². The Balaban J connectivity index is 2.36. The van der Waals surface area contributed by atoms with Gasteiger partial charge < -0.3 is 19.9 Å². The fraction of sp³-hybridized carbons (Fsp3) is 0.143. The number of carboxylic acids is 1. The van der Waals surface area contributed by atoms with Crippen molar-refractivity contribution >= 4 is 33.9 Å². The molecule has 1 amide bonds. The van der Waals surface area contributed by atoms with Crippen LogP contribution in [-0.2, 0) is 4.79 Å². The largest absolute Gasteiger partial charge is 0.490 e. The fourth-order valence-corrected chi connectivity index (χ4v) is 2.89. The monoisotopic (exact) mass is 445 g/mol. The van der Waals surface area contributed by atoms with Crippen molar-refractivity contribution in [1.29, 1.82) is 0 Å². The molecule has 0 aliphatic heterocycles. The summed E-state index contributed by atoms with van der Waals surface area (Å²) < 4.78 is 11.8. The lowest BCUT2D eigenvalue weighted by Crippen LogP contribution is -2.27. The van der Waals surface area contributed by atoms with Crippen LogP contribution in [-0.4, -0.2) is 30.2 Å². The van der Waals surface area contributed by atoms with E-state index in [1.54, 1.807) is 48.5 Å². The van der Waals surface area contributed by atoms with E-state index in [1.165, 1.54) is 6.08 Å². The Kier molecular flexibility index (Phi) is 7.83. The standard InChI is InChI=1S/C21H20BrNO5/c1-3-10-28-19-16(22)11-14(13-18(19)27-4-2)12-17(21(25)26)23-20(24)15-8-6-5-7-9-15/h3,5-9,11-13H,1,4,10H2,2H3,(H,23,24)(H,25,26)/b17-12+. The summed E-state index contributed by atoms with van der Waals surface area (Å²) in [5.41, 5.74) is 0.619. The molecule has 0 spiro atoms. The highest BCUT2D eigenvalue weighted by molar-refractivity contribution is 9.10. The van der Waals surface area contributed by atoms with Gasteiger partial charge in [-0.3, -0.25) is 4.79 Å². The van der Waals surface area contributed by atoms with Crippen molar-refractivity contribution in [3.8, 4) is 11.5 Å². The highest BCUT2D eigenvalue weighted by Gasteiger charge is 2.16. The zero-order valence-corrected chi connectivity index (χ0v) is 16.9. The van der Waals surface area contributed by atoms with Crippen LogP contribution in [0.5, 0.6) is 11.5 Å². The molecule has 146 valence electrons. The minimum atomic E-state index is -1.26. The van der Waals surface area contributed by atoms with Gasteiger partial charge in [0.2, 0.25) is 0 Å². The Labute approximate surface area is 171 Å². The summed E-state index contributed by atoms with van der Waals surface area (Å²) in [4.78, 5) is 23.9. The van der Waals surface area contributed by atoms with Crippen LogP contribution in [0.2, 0.25) is 0 Å². The van der Waals surface area contributed by atoms with Crippen molar-refractivity contribution in [2.75, 3.05) is 13.2 Å². The van der Waals surface area contributed by atoms with Gasteiger partial charge in [-0.15, -0.1) is 0 Å². The second-order valence-electron chi connectivity index (χ2n) is 5.55. The van der Waals surface area contributed by atoms with Crippen LogP contribution in [0.25, 0.3) is 6.08 Å². The van der Waals surface area contributed by atoms with Gasteiger partial charge in [0.05, 0.1) is 11.1 Å². The van der Waals surface area contributed by atoms with E-state index >= 15 is 0 Å². The number of carbonyl (C=O) groups excluding carboxylic acids is 1. The Bertz CT molecular complexity index is 893. The number of halogens is 1. The second kappa shape index (κ2) is 10.3. The van der Waals surface area contributed by atoms with Gasteiger partial charge in [0.1, 0.15) is 12.3 Å². The topological polar surface area (TPSA) is 84.9 Å². The molecular formula is C21H20BrNO5. The summed E-state index contributed by atoms with van der Waals surface area (Å²) in [5.74, 6) is -0.831. The molecule has 0 heterocycles. The van der Waals surface area contributed by atoms with E-state index < -0.39 is 11.9 Å². The predicted octanol–water partition coefficient (Wildman–Crippen LogP) is 4.27. The summed E-state index contributed by atoms with van der Waals surface area (Å²) in [5, 5.41) is 11.9. The summed E-state index contributed by atoms with van der Waals surface area (Å²) in [6.45, 7) is 6.14. The first-order valence-corrected chi connectivity index (χ1v) is 9.27. The highest BCUT2D eigenvalue weighted by atomic mass is 79.9. The van der Waals surface area contributed by atoms with Crippen LogP contribution >= 0.6 is 15.9 Å². The fourth-order valence-electron chi connectivity index (χ4n) is 2.32. The third-order valence-corrected chi connectivity index (χ3v) is 4.09. The van der Waals surface area contributed by atoms with Crippen molar-refractivity contribution in [2.45, 2.75) is 6.92 Å². The smallest absolute Gasteiger partial charge is 0.352 e. The molecule has 0 fully saturated rings. The lowest BCUT2D eigenvalue weighted by molar-refractivity contribution is -0.132. The van der Waals surface area contributed by atoms with Crippen LogP contribution in [0.1, 0.15) is 22.8 Å². The van der Waals surface area contributed by atoms with E-state index in [4.69, 9.17) is 9.47 Å². The number of rotatable bonds is 9. The maximum absolute atomic E-state index is 12.3. The molecule has 0 saturated heterocycles. The van der Waals surface area contributed by atoms with Gasteiger partial charge in [0.15, 0.2) is 11.5 Å². The van der Waals surface area contributed by atoms with Crippen LogP contribution in [0.15, 0.2) is 65.3 Å². The van der Waals surface area contributed by atoms with E-state index in [0.29, 0.717) is 40.3 Å². The molecule has 2 rings (SSSR count). The number of carboxylic acid groups (broad SMARTS) is 1. The molecule has 2 aromatic carbocycles. The lowest BCUT2D eigenvalue weighted by Gasteiger charge is -2.14. The van der Waals surface area contributed by atoms with E-state index in [0.717, 1.165) is 0 Å². The average molecular weight is 446 g/mol. The number of hydrogen-bond donors (Lipinski definition) is 2. The summed E-state index contributed by atoms with van der Waals surface area (Å²) in [7, 11) is 0. The molecule has 0 aliphatic rings. The second-order valence-corrected chi connectivity index (χ2v) is 6.40. The van der Waals surface area contributed by atoms with Crippen LogP contribution in [0.3, 0.4) is 0 Å². The summed E-state index contributed by atoms with van der Waals surface area (Å²) >= 11 is 3.41. The molecule has 0 unspecified atom stereocenters.